The lowest BCUT2D eigenvalue weighted by Crippen LogP contribution is -2.34. The monoisotopic (exact) mass is 464 g/mol. The van der Waals surface area contributed by atoms with Gasteiger partial charge in [0, 0.05) is 43.0 Å². The van der Waals surface area contributed by atoms with E-state index < -0.39 is 5.82 Å². The summed E-state index contributed by atoms with van der Waals surface area (Å²) in [7, 11) is 0. The Morgan fingerprint density at radius 3 is 2.94 bits per heavy atom. The predicted octanol–water partition coefficient (Wildman–Crippen LogP) is 4.22. The molecule has 0 spiro atoms. The lowest BCUT2D eigenvalue weighted by atomic mass is 10.2. The molecular formula is C24H25FN6OS. The molecule has 0 unspecified atom stereocenters. The highest BCUT2D eigenvalue weighted by molar-refractivity contribution is 7.20. The number of aromatic nitrogens is 3. The molecular weight excluding hydrogens is 439 g/mol. The normalized spacial score (nSPS) is 18.5. The number of hydrogen-bond donors (Lipinski definition) is 2. The molecule has 5 heterocycles. The van der Waals surface area contributed by atoms with Crippen molar-refractivity contribution in [1.82, 2.24) is 19.7 Å². The van der Waals surface area contributed by atoms with Gasteiger partial charge < -0.3 is 19.9 Å². The smallest absolute Gasteiger partial charge is 0.265 e. The number of thiophene rings is 1. The first-order chi connectivity index (χ1) is 16.0. The van der Waals surface area contributed by atoms with Crippen molar-refractivity contribution in [3.8, 4) is 0 Å². The molecule has 1 saturated carbocycles. The maximum atomic E-state index is 14.3. The van der Waals surface area contributed by atoms with Crippen molar-refractivity contribution in [3.05, 3.63) is 53.0 Å². The summed E-state index contributed by atoms with van der Waals surface area (Å²) in [6, 6.07) is 7.71. The van der Waals surface area contributed by atoms with E-state index in [9.17, 15) is 9.18 Å². The number of hydrogen-bond acceptors (Lipinski definition) is 6. The van der Waals surface area contributed by atoms with Crippen LogP contribution >= 0.6 is 11.3 Å². The highest BCUT2D eigenvalue weighted by atomic mass is 32.1. The summed E-state index contributed by atoms with van der Waals surface area (Å²) in [5, 5.41) is 7.42. The summed E-state index contributed by atoms with van der Waals surface area (Å²) >= 11 is 1.35. The summed E-state index contributed by atoms with van der Waals surface area (Å²) in [5.41, 5.74) is 1.35. The predicted molar refractivity (Wildman–Crippen MR) is 129 cm³/mol. The number of rotatable bonds is 6. The van der Waals surface area contributed by atoms with Crippen LogP contribution in [0.5, 0.6) is 0 Å². The Morgan fingerprint density at radius 1 is 1.21 bits per heavy atom. The standard InChI is InChI=1S/C24H25FN6OS/c1-14-11-31-13-18(9-19(25)22(31)27-14)28-23(32)20-8-16-4-5-21(29-24(16)33-20)30-7-6-17(12-30)26-10-15-2-3-15/h4-5,8-9,11,13,15,17,26H,2-3,6-7,10,12H2,1H3,(H,28,32)/t17-/m1/s1. The minimum absolute atomic E-state index is 0.246. The maximum Gasteiger partial charge on any atom is 0.265 e. The van der Waals surface area contributed by atoms with Gasteiger partial charge >= 0.3 is 0 Å². The molecule has 0 radical (unpaired) electrons. The maximum absolute atomic E-state index is 14.3. The molecule has 1 amide bonds. The number of nitrogens with zero attached hydrogens (tertiary/aromatic N) is 4. The Bertz CT molecular complexity index is 1360. The van der Waals surface area contributed by atoms with Crippen molar-refractivity contribution in [3.63, 3.8) is 0 Å². The Labute approximate surface area is 194 Å². The summed E-state index contributed by atoms with van der Waals surface area (Å²) in [4.78, 5) is 25.5. The van der Waals surface area contributed by atoms with Gasteiger partial charge in [-0.15, -0.1) is 11.3 Å². The summed E-state index contributed by atoms with van der Waals surface area (Å²) in [6.07, 6.45) is 7.25. The molecule has 1 atom stereocenters. The van der Waals surface area contributed by atoms with Crippen LogP contribution in [0, 0.1) is 18.7 Å². The van der Waals surface area contributed by atoms with Gasteiger partial charge in [0.1, 0.15) is 10.6 Å². The molecule has 0 aromatic carbocycles. The Hall–Kier alpha value is -3.04. The van der Waals surface area contributed by atoms with Gasteiger partial charge in [0.15, 0.2) is 11.5 Å². The zero-order valence-electron chi connectivity index (χ0n) is 18.3. The molecule has 6 rings (SSSR count). The third kappa shape index (κ3) is 4.18. The summed E-state index contributed by atoms with van der Waals surface area (Å²) in [6.45, 7) is 4.88. The lowest BCUT2D eigenvalue weighted by molar-refractivity contribution is 0.103. The Kier molecular flexibility index (Phi) is 5.03. The zero-order chi connectivity index (χ0) is 22.5. The van der Waals surface area contributed by atoms with Crippen LogP contribution in [0.2, 0.25) is 0 Å². The second-order valence-electron chi connectivity index (χ2n) is 9.10. The number of carbonyl (C=O) groups is 1. The number of aryl methyl sites for hydroxylation is 1. The van der Waals surface area contributed by atoms with E-state index in [4.69, 9.17) is 4.98 Å². The highest BCUT2D eigenvalue weighted by Gasteiger charge is 2.27. The quantitative estimate of drug-likeness (QED) is 0.447. The molecule has 1 aliphatic carbocycles. The van der Waals surface area contributed by atoms with Crippen molar-refractivity contribution >= 4 is 44.6 Å². The van der Waals surface area contributed by atoms with Gasteiger partial charge in [-0.2, -0.15) is 0 Å². The van der Waals surface area contributed by atoms with Crippen molar-refractivity contribution in [1.29, 1.82) is 0 Å². The number of fused-ring (bicyclic) bond motifs is 2. The molecule has 4 aromatic rings. The van der Waals surface area contributed by atoms with E-state index in [0.29, 0.717) is 22.3 Å². The second-order valence-corrected chi connectivity index (χ2v) is 10.1. The van der Waals surface area contributed by atoms with E-state index in [1.165, 1.54) is 30.2 Å². The summed E-state index contributed by atoms with van der Waals surface area (Å²) in [5.74, 6) is 1.08. The molecule has 4 aromatic heterocycles. The van der Waals surface area contributed by atoms with Gasteiger partial charge in [0.05, 0.1) is 16.3 Å². The molecule has 2 N–H and O–H groups in total. The molecule has 9 heteroatoms. The average molecular weight is 465 g/mol. The largest absolute Gasteiger partial charge is 0.355 e. The van der Waals surface area contributed by atoms with Crippen LogP contribution in [0.25, 0.3) is 15.9 Å². The highest BCUT2D eigenvalue weighted by Crippen LogP contribution is 2.30. The van der Waals surface area contributed by atoms with Crippen LogP contribution in [0.3, 0.4) is 0 Å². The molecule has 2 fully saturated rings. The number of pyridine rings is 2. The fourth-order valence-electron chi connectivity index (χ4n) is 4.43. The first-order valence-corrected chi connectivity index (χ1v) is 12.2. The number of halogens is 1. The number of nitrogens with one attached hydrogen (secondary N) is 2. The number of imidazole rings is 1. The SMILES string of the molecule is Cc1cn2cc(NC(=O)c3cc4ccc(N5CC[C@@H](NCC6CC6)C5)nc4s3)cc(F)c2n1. The van der Waals surface area contributed by atoms with E-state index >= 15 is 0 Å². The number of amides is 1. The molecule has 2 aliphatic rings. The van der Waals surface area contributed by atoms with Crippen LogP contribution < -0.4 is 15.5 Å². The molecule has 1 aliphatic heterocycles. The van der Waals surface area contributed by atoms with Gasteiger partial charge in [-0.3, -0.25) is 4.79 Å². The van der Waals surface area contributed by atoms with Gasteiger partial charge in [-0.05, 0) is 56.8 Å². The minimum Gasteiger partial charge on any atom is -0.355 e. The third-order valence-corrected chi connectivity index (χ3v) is 7.42. The molecule has 0 bridgehead atoms. The van der Waals surface area contributed by atoms with Gasteiger partial charge in [0.2, 0.25) is 0 Å². The van der Waals surface area contributed by atoms with Crippen LogP contribution in [-0.4, -0.2) is 46.0 Å². The molecule has 33 heavy (non-hydrogen) atoms. The fourth-order valence-corrected chi connectivity index (χ4v) is 5.35. The first kappa shape index (κ1) is 20.6. The van der Waals surface area contributed by atoms with E-state index in [-0.39, 0.29) is 11.6 Å². The van der Waals surface area contributed by atoms with Crippen molar-refractivity contribution in [2.24, 2.45) is 5.92 Å². The molecule has 1 saturated heterocycles. The fraction of sp³-hybridized carbons (Fsp3) is 0.375. The van der Waals surface area contributed by atoms with Crippen molar-refractivity contribution in [2.75, 3.05) is 29.9 Å². The van der Waals surface area contributed by atoms with E-state index in [1.54, 1.807) is 23.7 Å². The van der Waals surface area contributed by atoms with Gasteiger partial charge in [0.25, 0.3) is 5.91 Å². The number of carbonyl (C=O) groups excluding carboxylic acids is 1. The zero-order valence-corrected chi connectivity index (χ0v) is 19.2. The van der Waals surface area contributed by atoms with E-state index in [2.05, 4.69) is 20.5 Å². The Balaban J connectivity index is 1.17. The lowest BCUT2D eigenvalue weighted by Gasteiger charge is -2.18. The Morgan fingerprint density at radius 2 is 2.09 bits per heavy atom. The summed E-state index contributed by atoms with van der Waals surface area (Å²) < 4.78 is 15.9. The average Bonchev–Trinajstić information content (AvgIpc) is 3.18. The molecule has 170 valence electrons. The van der Waals surface area contributed by atoms with E-state index in [1.807, 2.05) is 18.2 Å². The second kappa shape index (κ2) is 8.07. The van der Waals surface area contributed by atoms with Gasteiger partial charge in [-0.1, -0.05) is 0 Å². The number of anilines is 2. The van der Waals surface area contributed by atoms with Crippen molar-refractivity contribution < 1.29 is 9.18 Å². The van der Waals surface area contributed by atoms with Gasteiger partial charge in [-0.25, -0.2) is 14.4 Å². The topological polar surface area (TPSA) is 74.6 Å². The van der Waals surface area contributed by atoms with Crippen LogP contribution in [0.15, 0.2) is 36.7 Å². The van der Waals surface area contributed by atoms with Crippen molar-refractivity contribution in [2.45, 2.75) is 32.2 Å². The van der Waals surface area contributed by atoms with Crippen LogP contribution in [-0.2, 0) is 0 Å². The first-order valence-electron chi connectivity index (χ1n) is 11.4. The minimum atomic E-state index is -0.473. The molecule has 7 nitrogen and oxygen atoms in total. The third-order valence-electron chi connectivity index (χ3n) is 6.38. The van der Waals surface area contributed by atoms with Crippen LogP contribution in [0.1, 0.15) is 34.6 Å². The van der Waals surface area contributed by atoms with Crippen LogP contribution in [0.4, 0.5) is 15.9 Å². The van der Waals surface area contributed by atoms with E-state index in [0.717, 1.165) is 48.0 Å².